The quantitative estimate of drug-likeness (QED) is 0.368. The van der Waals surface area contributed by atoms with Crippen molar-refractivity contribution in [3.63, 3.8) is 0 Å². The van der Waals surface area contributed by atoms with Crippen LogP contribution in [0.25, 0.3) is 0 Å². The van der Waals surface area contributed by atoms with Gasteiger partial charge in [0.05, 0.1) is 18.6 Å². The second-order valence-corrected chi connectivity index (χ2v) is 10.4. The maximum atomic E-state index is 13.0. The number of amides is 2. The van der Waals surface area contributed by atoms with Crippen LogP contribution in [-0.4, -0.2) is 57.5 Å². The Kier molecular flexibility index (Phi) is 6.65. The Morgan fingerprint density at radius 2 is 1.74 bits per heavy atom. The van der Waals surface area contributed by atoms with E-state index in [0.717, 1.165) is 5.56 Å². The molecule has 2 aromatic rings. The lowest BCUT2D eigenvalue weighted by molar-refractivity contribution is -0.159. The highest BCUT2D eigenvalue weighted by Gasteiger charge is 2.64. The normalized spacial score (nSPS) is 22.4. The fourth-order valence-electron chi connectivity index (χ4n) is 4.18. The zero-order chi connectivity index (χ0) is 24.5. The van der Waals surface area contributed by atoms with Crippen LogP contribution in [-0.2, 0) is 25.5 Å². The molecule has 0 radical (unpaired) electrons. The summed E-state index contributed by atoms with van der Waals surface area (Å²) in [5.41, 5.74) is 1.21. The van der Waals surface area contributed by atoms with Crippen molar-refractivity contribution >= 4 is 35.5 Å². The average Bonchev–Trinajstić information content (AvgIpc) is 3.06. The van der Waals surface area contributed by atoms with Gasteiger partial charge in [-0.25, -0.2) is 9.59 Å². The molecule has 1 N–H and O–H groups in total. The minimum atomic E-state index is -0.804. The van der Waals surface area contributed by atoms with Crippen molar-refractivity contribution in [2.75, 3.05) is 6.61 Å². The largest absolute Gasteiger partial charge is 0.462 e. The van der Waals surface area contributed by atoms with E-state index >= 15 is 0 Å². The van der Waals surface area contributed by atoms with Crippen LogP contribution in [0, 0.1) is 0 Å². The third-order valence-electron chi connectivity index (χ3n) is 5.77. The first-order chi connectivity index (χ1) is 16.2. The highest BCUT2D eigenvalue weighted by Crippen LogP contribution is 2.51. The molecule has 4 rings (SSSR count). The van der Waals surface area contributed by atoms with E-state index in [9.17, 15) is 19.2 Å². The first kappa shape index (κ1) is 23.8. The maximum absolute atomic E-state index is 13.0. The summed E-state index contributed by atoms with van der Waals surface area (Å²) in [6.07, 6.45) is 0.179. The fourth-order valence-corrected chi connectivity index (χ4v) is 5.80. The molecule has 2 aromatic carbocycles. The van der Waals surface area contributed by atoms with Crippen LogP contribution < -0.4 is 10.1 Å². The molecule has 0 unspecified atom stereocenters. The van der Waals surface area contributed by atoms with Gasteiger partial charge < -0.3 is 19.7 Å². The first-order valence-corrected chi connectivity index (χ1v) is 11.9. The van der Waals surface area contributed by atoms with Crippen LogP contribution >= 0.6 is 11.8 Å². The van der Waals surface area contributed by atoms with E-state index in [2.05, 4.69) is 5.32 Å². The maximum Gasteiger partial charge on any atom is 0.338 e. The molecule has 0 aromatic heterocycles. The van der Waals surface area contributed by atoms with Gasteiger partial charge in [0, 0.05) is 4.75 Å². The topological polar surface area (TPSA) is 102 Å². The van der Waals surface area contributed by atoms with E-state index in [0.29, 0.717) is 5.56 Å². The Hall–Kier alpha value is -3.33. The summed E-state index contributed by atoms with van der Waals surface area (Å²) in [6, 6.07) is 13.9. The highest BCUT2D eigenvalue weighted by molar-refractivity contribution is 8.01. The molecule has 2 aliphatic rings. The number of ether oxygens (including phenoxy) is 2. The number of fused-ring (bicyclic) bond motifs is 1. The van der Waals surface area contributed by atoms with Gasteiger partial charge in [0.25, 0.3) is 0 Å². The fraction of sp³-hybridized carbons (Fsp3) is 0.360. The first-order valence-electron chi connectivity index (χ1n) is 11.0. The van der Waals surface area contributed by atoms with Gasteiger partial charge >= 0.3 is 11.9 Å². The van der Waals surface area contributed by atoms with Crippen molar-refractivity contribution < 1.29 is 28.7 Å². The molecule has 8 nitrogen and oxygen atoms in total. The van der Waals surface area contributed by atoms with Crippen LogP contribution in [0.4, 0.5) is 0 Å². The molecule has 0 saturated carbocycles. The lowest BCUT2D eigenvalue weighted by Gasteiger charge is -2.43. The number of hydrogen-bond acceptors (Lipinski definition) is 7. The van der Waals surface area contributed by atoms with Crippen molar-refractivity contribution in [1.82, 2.24) is 10.2 Å². The zero-order valence-corrected chi connectivity index (χ0v) is 20.0. The molecule has 2 aliphatic heterocycles. The van der Waals surface area contributed by atoms with Crippen LogP contribution in [0.1, 0.15) is 36.7 Å². The van der Waals surface area contributed by atoms with Crippen LogP contribution in [0.5, 0.6) is 5.75 Å². The van der Waals surface area contributed by atoms with E-state index in [4.69, 9.17) is 9.47 Å². The zero-order valence-electron chi connectivity index (χ0n) is 19.1. The Bertz CT molecular complexity index is 1100. The Labute approximate surface area is 202 Å². The van der Waals surface area contributed by atoms with Gasteiger partial charge in [-0.15, -0.1) is 11.8 Å². The summed E-state index contributed by atoms with van der Waals surface area (Å²) in [7, 11) is 0. The minimum absolute atomic E-state index is 0.179. The van der Waals surface area contributed by atoms with Crippen molar-refractivity contribution in [3.05, 3.63) is 65.7 Å². The van der Waals surface area contributed by atoms with Crippen molar-refractivity contribution in [2.24, 2.45) is 0 Å². The molecule has 3 atom stereocenters. The number of β-lactam (4-membered cyclic amide) rings is 1. The molecule has 0 aliphatic carbocycles. The second kappa shape index (κ2) is 9.50. The van der Waals surface area contributed by atoms with E-state index in [1.165, 1.54) is 40.9 Å². The molecule has 0 spiro atoms. The highest BCUT2D eigenvalue weighted by atomic mass is 32.2. The Balaban J connectivity index is 1.40. The Morgan fingerprint density at radius 1 is 1.06 bits per heavy atom. The van der Waals surface area contributed by atoms with Gasteiger partial charge in [-0.3, -0.25) is 9.59 Å². The van der Waals surface area contributed by atoms with E-state index in [1.807, 2.05) is 44.2 Å². The molecule has 2 heterocycles. The van der Waals surface area contributed by atoms with Gasteiger partial charge in [-0.05, 0) is 50.6 Å². The van der Waals surface area contributed by atoms with Crippen LogP contribution in [0.2, 0.25) is 0 Å². The summed E-state index contributed by atoms with van der Waals surface area (Å²) in [5.74, 6) is -1.29. The molecule has 2 amide bonds. The minimum Gasteiger partial charge on any atom is -0.462 e. The summed E-state index contributed by atoms with van der Waals surface area (Å²) in [4.78, 5) is 51.7. The summed E-state index contributed by atoms with van der Waals surface area (Å²) in [6.45, 7) is 5.74. The van der Waals surface area contributed by atoms with E-state index < -0.39 is 28.8 Å². The van der Waals surface area contributed by atoms with Gasteiger partial charge in [0.15, 0.2) is 0 Å². The number of nitrogens with one attached hydrogen (secondary N) is 1. The molecule has 178 valence electrons. The van der Waals surface area contributed by atoms with Gasteiger partial charge in [-0.1, -0.05) is 30.3 Å². The third-order valence-corrected chi connectivity index (χ3v) is 7.34. The predicted octanol–water partition coefficient (Wildman–Crippen LogP) is 2.56. The SMILES string of the molecule is CCOC(=O)c1ccc(OC(=O)[C@@H]2N3C(=O)[C@@H](NC(=O)Cc4ccccc4)[C@H]3SC2(C)C)cc1. The predicted molar refractivity (Wildman–Crippen MR) is 126 cm³/mol. The Morgan fingerprint density at radius 3 is 2.38 bits per heavy atom. The van der Waals surface area contributed by atoms with Gasteiger partial charge in [-0.2, -0.15) is 0 Å². The molecule has 34 heavy (non-hydrogen) atoms. The molecule has 2 fully saturated rings. The number of carbonyl (C=O) groups excluding carboxylic acids is 4. The number of nitrogens with zero attached hydrogens (tertiary/aromatic N) is 1. The van der Waals surface area contributed by atoms with Crippen molar-refractivity contribution in [1.29, 1.82) is 0 Å². The second-order valence-electron chi connectivity index (χ2n) is 8.63. The summed E-state index contributed by atoms with van der Waals surface area (Å²) >= 11 is 1.46. The number of rotatable bonds is 7. The standard InChI is InChI=1S/C25H26N2O6S/c1-4-32-23(30)16-10-12-17(13-11-16)33-24(31)20-25(2,3)34-22-19(21(29)27(20)22)26-18(28)14-15-8-6-5-7-9-15/h5-13,19-20,22H,4,14H2,1-3H3,(H,26,28)/t19-,20+,22-/m1/s1. The number of carbonyl (C=O) groups is 4. The van der Waals surface area contributed by atoms with Crippen molar-refractivity contribution in [3.8, 4) is 5.75 Å². The van der Waals surface area contributed by atoms with E-state index in [-0.39, 0.29) is 36.0 Å². The van der Waals surface area contributed by atoms with Gasteiger partial charge in [0.2, 0.25) is 11.8 Å². The molecule has 2 saturated heterocycles. The molecular weight excluding hydrogens is 456 g/mol. The number of hydrogen-bond donors (Lipinski definition) is 1. The smallest absolute Gasteiger partial charge is 0.338 e. The van der Waals surface area contributed by atoms with Crippen LogP contribution in [0.15, 0.2) is 54.6 Å². The molecular formula is C25H26N2O6S. The summed E-state index contributed by atoms with van der Waals surface area (Å²) in [5, 5.41) is 2.47. The molecule has 0 bridgehead atoms. The number of esters is 2. The van der Waals surface area contributed by atoms with Crippen LogP contribution in [0.3, 0.4) is 0 Å². The van der Waals surface area contributed by atoms with Crippen molar-refractivity contribution in [2.45, 2.75) is 49.4 Å². The summed E-state index contributed by atoms with van der Waals surface area (Å²) < 4.78 is 9.88. The monoisotopic (exact) mass is 482 g/mol. The average molecular weight is 483 g/mol. The number of benzene rings is 2. The lowest BCUT2D eigenvalue weighted by Crippen LogP contribution is -2.71. The number of thioether (sulfide) groups is 1. The third kappa shape index (κ3) is 4.65. The van der Waals surface area contributed by atoms with E-state index in [1.54, 1.807) is 6.92 Å². The lowest BCUT2D eigenvalue weighted by atomic mass is 9.95. The molecule has 9 heteroatoms. The van der Waals surface area contributed by atoms with Gasteiger partial charge in [0.1, 0.15) is 23.2 Å².